The minimum Gasteiger partial charge on any atom is -0.486 e. The third-order valence-electron chi connectivity index (χ3n) is 5.02. The molecule has 2 aromatic carbocycles. The Balaban J connectivity index is 1.58. The molecule has 160 valence electrons. The molecule has 1 atom stereocenters. The van der Waals surface area contributed by atoms with Gasteiger partial charge in [0.25, 0.3) is 0 Å². The van der Waals surface area contributed by atoms with Crippen LogP contribution in [0.25, 0.3) is 0 Å². The fourth-order valence-electron chi connectivity index (χ4n) is 3.48. The summed E-state index contributed by atoms with van der Waals surface area (Å²) in [5, 5.41) is 0. The van der Waals surface area contributed by atoms with Crippen molar-refractivity contribution in [3.05, 3.63) is 54.1 Å². The largest absolute Gasteiger partial charge is 0.486 e. The summed E-state index contributed by atoms with van der Waals surface area (Å²) >= 11 is 0. The van der Waals surface area contributed by atoms with Gasteiger partial charge in [0.15, 0.2) is 11.5 Å². The second kappa shape index (κ2) is 9.03. The molecule has 2 aromatic rings. The Morgan fingerprint density at radius 1 is 0.967 bits per heavy atom. The number of hydrogen-bond acceptors (Lipinski definition) is 6. The third-order valence-corrected chi connectivity index (χ3v) is 6.49. The smallest absolute Gasteiger partial charge is 0.241 e. The number of fused-ring (bicyclic) bond motifs is 1. The second-order valence-corrected chi connectivity index (χ2v) is 8.82. The first-order valence-electron chi connectivity index (χ1n) is 9.85. The first-order chi connectivity index (χ1) is 14.5. The summed E-state index contributed by atoms with van der Waals surface area (Å²) in [6, 6.07) is 12.9. The van der Waals surface area contributed by atoms with E-state index in [9.17, 15) is 13.2 Å². The van der Waals surface area contributed by atoms with Crippen LogP contribution in [0.1, 0.15) is 5.56 Å². The standard InChI is InChI=1S/C21H24N2O6S/c24-21(23-8-10-27-11-9-23)18(14-16-4-2-1-3-5-16)22-30(25,26)17-6-7-19-20(15-17)29-13-12-28-19/h1-7,15,18,22H,8-14H2/t18-/m1/s1. The molecule has 0 aromatic heterocycles. The van der Waals surface area contributed by atoms with Crippen LogP contribution >= 0.6 is 0 Å². The van der Waals surface area contributed by atoms with Gasteiger partial charge in [0.05, 0.1) is 18.1 Å². The van der Waals surface area contributed by atoms with Crippen LogP contribution < -0.4 is 14.2 Å². The van der Waals surface area contributed by atoms with Gasteiger partial charge in [-0.1, -0.05) is 30.3 Å². The maximum atomic E-state index is 13.1. The molecule has 0 aliphatic carbocycles. The van der Waals surface area contributed by atoms with Crippen LogP contribution in [-0.2, 0) is 26.0 Å². The van der Waals surface area contributed by atoms with Crippen LogP contribution in [0.3, 0.4) is 0 Å². The number of sulfonamides is 1. The number of morpholine rings is 1. The van der Waals surface area contributed by atoms with E-state index in [1.54, 1.807) is 11.0 Å². The Hall–Kier alpha value is -2.62. The summed E-state index contributed by atoms with van der Waals surface area (Å²) < 4.78 is 45.1. The topological polar surface area (TPSA) is 94.2 Å². The molecule has 2 aliphatic heterocycles. The highest BCUT2D eigenvalue weighted by molar-refractivity contribution is 7.89. The number of ether oxygens (including phenoxy) is 3. The number of nitrogens with one attached hydrogen (secondary N) is 1. The fourth-order valence-corrected chi connectivity index (χ4v) is 4.68. The number of rotatable bonds is 6. The third kappa shape index (κ3) is 4.75. The predicted molar refractivity (Wildman–Crippen MR) is 109 cm³/mol. The highest BCUT2D eigenvalue weighted by Crippen LogP contribution is 2.32. The lowest BCUT2D eigenvalue weighted by atomic mass is 10.1. The molecular weight excluding hydrogens is 408 g/mol. The number of nitrogens with zero attached hydrogens (tertiary/aromatic N) is 1. The molecule has 0 saturated carbocycles. The molecule has 1 N–H and O–H groups in total. The monoisotopic (exact) mass is 432 g/mol. The van der Waals surface area contributed by atoms with E-state index in [-0.39, 0.29) is 17.2 Å². The van der Waals surface area contributed by atoms with Gasteiger partial charge in [-0.2, -0.15) is 4.72 Å². The molecule has 0 bridgehead atoms. The van der Waals surface area contributed by atoms with Crippen molar-refractivity contribution in [2.75, 3.05) is 39.5 Å². The summed E-state index contributed by atoms with van der Waals surface area (Å²) in [4.78, 5) is 14.8. The summed E-state index contributed by atoms with van der Waals surface area (Å²) in [6.07, 6.45) is 0.251. The molecule has 2 aliphatic rings. The van der Waals surface area contributed by atoms with Crippen LogP contribution in [-0.4, -0.2) is 64.8 Å². The highest BCUT2D eigenvalue weighted by Gasteiger charge is 2.31. The van der Waals surface area contributed by atoms with Crippen molar-refractivity contribution in [1.82, 2.24) is 9.62 Å². The van der Waals surface area contributed by atoms with E-state index < -0.39 is 16.1 Å². The summed E-state index contributed by atoms with van der Waals surface area (Å²) in [6.45, 7) is 2.55. The van der Waals surface area contributed by atoms with E-state index in [1.807, 2.05) is 30.3 Å². The minimum absolute atomic E-state index is 0.0274. The molecule has 1 amide bonds. The van der Waals surface area contributed by atoms with Crippen molar-refractivity contribution in [3.8, 4) is 11.5 Å². The zero-order chi connectivity index (χ0) is 21.0. The molecule has 8 nitrogen and oxygen atoms in total. The highest BCUT2D eigenvalue weighted by atomic mass is 32.2. The lowest BCUT2D eigenvalue weighted by Gasteiger charge is -2.30. The molecule has 4 rings (SSSR count). The number of carbonyl (C=O) groups is 1. The van der Waals surface area contributed by atoms with E-state index in [0.29, 0.717) is 51.0 Å². The molecule has 2 heterocycles. The van der Waals surface area contributed by atoms with Crippen LogP contribution in [0, 0.1) is 0 Å². The van der Waals surface area contributed by atoms with Gasteiger partial charge >= 0.3 is 0 Å². The average Bonchev–Trinajstić information content (AvgIpc) is 2.79. The fraction of sp³-hybridized carbons (Fsp3) is 0.381. The number of hydrogen-bond donors (Lipinski definition) is 1. The SMILES string of the molecule is O=C([C@@H](Cc1ccccc1)NS(=O)(=O)c1ccc2c(c1)OCCO2)N1CCOCC1. The Morgan fingerprint density at radius 2 is 1.67 bits per heavy atom. The maximum Gasteiger partial charge on any atom is 0.241 e. The van der Waals surface area contributed by atoms with Gasteiger partial charge in [-0.15, -0.1) is 0 Å². The molecule has 0 spiro atoms. The quantitative estimate of drug-likeness (QED) is 0.737. The Bertz CT molecular complexity index is 990. The summed E-state index contributed by atoms with van der Waals surface area (Å²) in [5.74, 6) is 0.622. The molecular formula is C21H24N2O6S. The van der Waals surface area contributed by atoms with Crippen molar-refractivity contribution >= 4 is 15.9 Å². The minimum atomic E-state index is -3.96. The second-order valence-electron chi connectivity index (χ2n) is 7.11. The van der Waals surface area contributed by atoms with Crippen molar-refractivity contribution in [1.29, 1.82) is 0 Å². The van der Waals surface area contributed by atoms with Crippen molar-refractivity contribution in [2.24, 2.45) is 0 Å². The van der Waals surface area contributed by atoms with Gasteiger partial charge in [0.1, 0.15) is 19.3 Å². The Kier molecular flexibility index (Phi) is 6.21. The predicted octanol–water partition coefficient (Wildman–Crippen LogP) is 1.21. The van der Waals surface area contributed by atoms with Gasteiger partial charge in [0.2, 0.25) is 15.9 Å². The lowest BCUT2D eigenvalue weighted by molar-refractivity contribution is -0.137. The van der Waals surface area contributed by atoms with Crippen LogP contribution in [0.5, 0.6) is 11.5 Å². The van der Waals surface area contributed by atoms with E-state index in [1.165, 1.54) is 12.1 Å². The zero-order valence-electron chi connectivity index (χ0n) is 16.5. The lowest BCUT2D eigenvalue weighted by Crippen LogP contribution is -2.52. The van der Waals surface area contributed by atoms with Crippen LogP contribution in [0.2, 0.25) is 0 Å². The molecule has 30 heavy (non-hydrogen) atoms. The molecule has 0 radical (unpaired) electrons. The first kappa shape index (κ1) is 20.6. The van der Waals surface area contributed by atoms with Crippen molar-refractivity contribution in [3.63, 3.8) is 0 Å². The molecule has 9 heteroatoms. The van der Waals surface area contributed by atoms with E-state index in [2.05, 4.69) is 4.72 Å². The van der Waals surface area contributed by atoms with Gasteiger partial charge in [-0.05, 0) is 24.1 Å². The van der Waals surface area contributed by atoms with Crippen molar-refractivity contribution < 1.29 is 27.4 Å². The van der Waals surface area contributed by atoms with Gasteiger partial charge < -0.3 is 19.1 Å². The normalized spacial score (nSPS) is 17.4. The zero-order valence-corrected chi connectivity index (χ0v) is 17.3. The molecule has 1 saturated heterocycles. The van der Waals surface area contributed by atoms with Gasteiger partial charge in [0, 0.05) is 19.2 Å². The van der Waals surface area contributed by atoms with Gasteiger partial charge in [-0.25, -0.2) is 8.42 Å². The van der Waals surface area contributed by atoms with E-state index in [0.717, 1.165) is 5.56 Å². The first-order valence-corrected chi connectivity index (χ1v) is 11.3. The summed E-state index contributed by atoms with van der Waals surface area (Å²) in [5.41, 5.74) is 0.869. The van der Waals surface area contributed by atoms with E-state index >= 15 is 0 Å². The Labute approximate surface area is 175 Å². The van der Waals surface area contributed by atoms with Crippen molar-refractivity contribution in [2.45, 2.75) is 17.4 Å². The number of carbonyl (C=O) groups excluding carboxylic acids is 1. The molecule has 0 unspecified atom stereocenters. The maximum absolute atomic E-state index is 13.1. The number of benzene rings is 2. The summed E-state index contributed by atoms with van der Waals surface area (Å²) in [7, 11) is -3.96. The van der Waals surface area contributed by atoms with Crippen LogP contribution in [0.15, 0.2) is 53.4 Å². The molecule has 1 fully saturated rings. The number of amides is 1. The van der Waals surface area contributed by atoms with Crippen LogP contribution in [0.4, 0.5) is 0 Å². The van der Waals surface area contributed by atoms with E-state index in [4.69, 9.17) is 14.2 Å². The Morgan fingerprint density at radius 3 is 2.40 bits per heavy atom. The average molecular weight is 432 g/mol. The van der Waals surface area contributed by atoms with Gasteiger partial charge in [-0.3, -0.25) is 4.79 Å².